The molecule has 0 spiro atoms. The number of hydrogen-bond acceptors (Lipinski definition) is 3. The minimum Gasteiger partial charge on any atom is -0.417 e. The van der Waals surface area contributed by atoms with Gasteiger partial charge in [-0.2, -0.15) is 0 Å². The van der Waals surface area contributed by atoms with Crippen molar-refractivity contribution in [3.63, 3.8) is 0 Å². The molecule has 5 heteroatoms. The van der Waals surface area contributed by atoms with Gasteiger partial charge in [-0.25, -0.2) is 0 Å². The zero-order chi connectivity index (χ0) is 28.2. The molecule has 0 aromatic heterocycles. The lowest BCUT2D eigenvalue weighted by Gasteiger charge is -2.45. The first kappa shape index (κ1) is 34.6. The average molecular weight is 551 g/mol. The third-order valence-electron chi connectivity index (χ3n) is 8.95. The SMILES string of the molecule is CC(C)(C)[Si](C)(C)OCCCCCCC=C[C@@]1(O[Si](C)(C)C(C)(C)C)C=CC[C@H]1C/C=C/CCCCO. The lowest BCUT2D eigenvalue weighted by atomic mass is 9.87. The fourth-order valence-corrected chi connectivity index (χ4v) is 6.82. The van der Waals surface area contributed by atoms with Crippen LogP contribution >= 0.6 is 0 Å². The second kappa shape index (κ2) is 15.4. The predicted molar refractivity (Wildman–Crippen MR) is 168 cm³/mol. The smallest absolute Gasteiger partial charge is 0.193 e. The van der Waals surface area contributed by atoms with Gasteiger partial charge in [0.25, 0.3) is 0 Å². The molecule has 37 heavy (non-hydrogen) atoms. The molecule has 0 bridgehead atoms. The molecule has 0 radical (unpaired) electrons. The lowest BCUT2D eigenvalue weighted by molar-refractivity contribution is 0.0978. The Bertz CT molecular complexity index is 725. The van der Waals surface area contributed by atoms with Crippen molar-refractivity contribution < 1.29 is 14.0 Å². The van der Waals surface area contributed by atoms with Crippen LogP contribution in [0, 0.1) is 5.92 Å². The summed E-state index contributed by atoms with van der Waals surface area (Å²) in [6.07, 6.45) is 25.3. The second-order valence-electron chi connectivity index (χ2n) is 14.2. The third kappa shape index (κ3) is 11.7. The molecule has 0 saturated heterocycles. The number of hydrogen-bond donors (Lipinski definition) is 1. The molecule has 1 aliphatic carbocycles. The van der Waals surface area contributed by atoms with Gasteiger partial charge in [0.2, 0.25) is 0 Å². The van der Waals surface area contributed by atoms with Crippen molar-refractivity contribution in [2.24, 2.45) is 5.92 Å². The Hall–Kier alpha value is -0.466. The fraction of sp³-hybridized carbons (Fsp3) is 0.812. The highest BCUT2D eigenvalue weighted by atomic mass is 28.4. The minimum absolute atomic E-state index is 0.182. The third-order valence-corrected chi connectivity index (χ3v) is 18.0. The molecule has 0 heterocycles. The van der Waals surface area contributed by atoms with Crippen molar-refractivity contribution in [2.75, 3.05) is 13.2 Å². The minimum atomic E-state index is -1.93. The molecular formula is C32H62O3Si2. The Labute approximate surface area is 233 Å². The van der Waals surface area contributed by atoms with E-state index in [0.29, 0.717) is 17.6 Å². The molecule has 2 atom stereocenters. The molecule has 0 aliphatic heterocycles. The first-order valence-corrected chi connectivity index (χ1v) is 20.8. The molecule has 0 saturated carbocycles. The molecule has 3 nitrogen and oxygen atoms in total. The van der Waals surface area contributed by atoms with Crippen LogP contribution in [0.5, 0.6) is 0 Å². The normalized spacial score (nSPS) is 21.6. The summed E-state index contributed by atoms with van der Waals surface area (Å²) < 4.78 is 13.5. The summed E-state index contributed by atoms with van der Waals surface area (Å²) in [4.78, 5) is 0. The Morgan fingerprint density at radius 1 is 0.811 bits per heavy atom. The maximum Gasteiger partial charge on any atom is 0.193 e. The summed E-state index contributed by atoms with van der Waals surface area (Å²) in [6, 6.07) is 0. The van der Waals surface area contributed by atoms with Gasteiger partial charge in [-0.3, -0.25) is 0 Å². The van der Waals surface area contributed by atoms with E-state index < -0.39 is 16.6 Å². The highest BCUT2D eigenvalue weighted by Crippen LogP contribution is 2.45. The van der Waals surface area contributed by atoms with Crippen molar-refractivity contribution in [2.45, 2.75) is 148 Å². The highest BCUT2D eigenvalue weighted by molar-refractivity contribution is 6.74. The summed E-state index contributed by atoms with van der Waals surface area (Å²) in [5, 5.41) is 9.49. The van der Waals surface area contributed by atoms with Crippen molar-refractivity contribution >= 4 is 16.6 Å². The second-order valence-corrected chi connectivity index (χ2v) is 23.7. The predicted octanol–water partition coefficient (Wildman–Crippen LogP) is 9.96. The molecule has 0 fully saturated rings. The molecule has 0 aromatic rings. The zero-order valence-corrected chi connectivity index (χ0v) is 28.3. The molecule has 0 aromatic carbocycles. The quantitative estimate of drug-likeness (QED) is 0.111. The Balaban J connectivity index is 2.67. The molecule has 1 aliphatic rings. The van der Waals surface area contributed by atoms with Gasteiger partial charge in [0, 0.05) is 19.1 Å². The Morgan fingerprint density at radius 3 is 2.03 bits per heavy atom. The van der Waals surface area contributed by atoms with Crippen LogP contribution in [0.25, 0.3) is 0 Å². The lowest BCUT2D eigenvalue weighted by Crippen LogP contribution is -2.50. The topological polar surface area (TPSA) is 38.7 Å². The van der Waals surface area contributed by atoms with Gasteiger partial charge in [0.05, 0.1) is 5.60 Å². The van der Waals surface area contributed by atoms with Crippen molar-refractivity contribution in [3.05, 3.63) is 36.5 Å². The number of unbranched alkanes of at least 4 members (excludes halogenated alkanes) is 6. The van der Waals surface area contributed by atoms with E-state index in [-0.39, 0.29) is 10.6 Å². The maximum absolute atomic E-state index is 9.01. The van der Waals surface area contributed by atoms with Crippen LogP contribution in [0.1, 0.15) is 106 Å². The van der Waals surface area contributed by atoms with E-state index in [1.807, 2.05) is 0 Å². The summed E-state index contributed by atoms with van der Waals surface area (Å²) in [5.74, 6) is 0.458. The standard InChI is InChI=1S/C32H62O3Si2/c1-30(2,3)36(7,8)34-28-21-17-12-11-15-19-25-32(35-37(9,10)31(4,5)6)26-22-24-29(32)23-18-14-13-16-20-27-33/h14,18-19,22,25-26,29,33H,11-13,15-17,20-21,23-24,27-28H2,1-10H3/b18-14+,25-19?/t29-,32-/m1/s1. The molecule has 0 amide bonds. The average Bonchev–Trinajstić information content (AvgIpc) is 3.14. The summed E-state index contributed by atoms with van der Waals surface area (Å²) >= 11 is 0. The molecule has 0 unspecified atom stereocenters. The van der Waals surface area contributed by atoms with Crippen LogP contribution in [0.4, 0.5) is 0 Å². The first-order chi connectivity index (χ1) is 17.1. The van der Waals surface area contributed by atoms with Crippen LogP contribution in [-0.2, 0) is 8.85 Å². The van der Waals surface area contributed by atoms with Gasteiger partial charge in [0.15, 0.2) is 16.6 Å². The largest absolute Gasteiger partial charge is 0.417 e. The molecular weight excluding hydrogens is 489 g/mol. The van der Waals surface area contributed by atoms with Crippen LogP contribution < -0.4 is 0 Å². The van der Waals surface area contributed by atoms with Crippen LogP contribution in [-0.4, -0.2) is 40.6 Å². The van der Waals surface area contributed by atoms with Crippen molar-refractivity contribution in [1.29, 1.82) is 0 Å². The zero-order valence-electron chi connectivity index (χ0n) is 26.3. The van der Waals surface area contributed by atoms with Gasteiger partial charge < -0.3 is 14.0 Å². The van der Waals surface area contributed by atoms with Crippen LogP contribution in [0.3, 0.4) is 0 Å². The number of rotatable bonds is 17. The Kier molecular flexibility index (Phi) is 14.3. The Morgan fingerprint density at radius 2 is 1.41 bits per heavy atom. The summed E-state index contributed by atoms with van der Waals surface area (Å²) in [7, 11) is -3.54. The number of aliphatic hydroxyl groups is 1. The van der Waals surface area contributed by atoms with E-state index in [0.717, 1.165) is 45.1 Å². The molecule has 1 N–H and O–H groups in total. The highest BCUT2D eigenvalue weighted by Gasteiger charge is 2.47. The first-order valence-electron chi connectivity index (χ1n) is 15.0. The summed E-state index contributed by atoms with van der Waals surface area (Å²) in [6.45, 7) is 24.6. The fourth-order valence-electron chi connectivity index (χ4n) is 4.24. The van der Waals surface area contributed by atoms with Gasteiger partial charge in [0.1, 0.15) is 0 Å². The van der Waals surface area contributed by atoms with Gasteiger partial charge >= 0.3 is 0 Å². The van der Waals surface area contributed by atoms with E-state index in [1.165, 1.54) is 25.7 Å². The monoisotopic (exact) mass is 550 g/mol. The van der Waals surface area contributed by atoms with Crippen molar-refractivity contribution in [1.82, 2.24) is 0 Å². The summed E-state index contributed by atoms with van der Waals surface area (Å²) in [5.41, 5.74) is -0.282. The van der Waals surface area contributed by atoms with Crippen LogP contribution in [0.15, 0.2) is 36.5 Å². The van der Waals surface area contributed by atoms with E-state index in [1.54, 1.807) is 0 Å². The molecule has 216 valence electrons. The van der Waals surface area contributed by atoms with Gasteiger partial charge in [-0.15, -0.1) is 0 Å². The van der Waals surface area contributed by atoms with Crippen molar-refractivity contribution in [3.8, 4) is 0 Å². The number of aliphatic hydroxyl groups excluding tert-OH is 1. The van der Waals surface area contributed by atoms with Crippen LogP contribution in [0.2, 0.25) is 36.3 Å². The van der Waals surface area contributed by atoms with E-state index >= 15 is 0 Å². The van der Waals surface area contributed by atoms with E-state index in [2.05, 4.69) is 104 Å². The number of allylic oxidation sites excluding steroid dienone is 4. The molecule has 1 rings (SSSR count). The van der Waals surface area contributed by atoms with Gasteiger partial charge in [-0.05, 0) is 87.6 Å². The van der Waals surface area contributed by atoms with E-state index in [9.17, 15) is 0 Å². The maximum atomic E-state index is 9.01. The van der Waals surface area contributed by atoms with E-state index in [4.69, 9.17) is 14.0 Å². The van der Waals surface area contributed by atoms with Gasteiger partial charge in [-0.1, -0.05) is 90.8 Å².